The second-order valence-corrected chi connectivity index (χ2v) is 7.91. The molecule has 2 bridgehead atoms. The lowest BCUT2D eigenvalue weighted by Gasteiger charge is -2.29. The van der Waals surface area contributed by atoms with Crippen molar-refractivity contribution in [1.82, 2.24) is 5.32 Å². The van der Waals surface area contributed by atoms with Crippen molar-refractivity contribution in [3.8, 4) is 0 Å². The molecular formula is C22H31NO2. The van der Waals surface area contributed by atoms with Crippen molar-refractivity contribution in [2.24, 2.45) is 23.7 Å². The van der Waals surface area contributed by atoms with Crippen LogP contribution >= 0.6 is 0 Å². The van der Waals surface area contributed by atoms with Crippen LogP contribution in [0.3, 0.4) is 0 Å². The molecule has 2 N–H and O–H groups in total. The van der Waals surface area contributed by atoms with E-state index < -0.39 is 5.97 Å². The van der Waals surface area contributed by atoms with Crippen LogP contribution in [0, 0.1) is 30.6 Å². The maximum Gasteiger partial charge on any atom is 0.303 e. The van der Waals surface area contributed by atoms with Crippen molar-refractivity contribution < 1.29 is 9.90 Å². The predicted molar refractivity (Wildman–Crippen MR) is 101 cm³/mol. The first-order valence-corrected chi connectivity index (χ1v) is 9.78. The summed E-state index contributed by atoms with van der Waals surface area (Å²) in [7, 11) is 0. The highest BCUT2D eigenvalue weighted by Crippen LogP contribution is 2.52. The summed E-state index contributed by atoms with van der Waals surface area (Å²) >= 11 is 0. The molecule has 2 saturated carbocycles. The van der Waals surface area contributed by atoms with Gasteiger partial charge in [0.05, 0.1) is 0 Å². The molecule has 2 fully saturated rings. The lowest BCUT2D eigenvalue weighted by Crippen LogP contribution is -2.31. The van der Waals surface area contributed by atoms with Gasteiger partial charge in [0.15, 0.2) is 0 Å². The zero-order valence-corrected chi connectivity index (χ0v) is 15.3. The number of aryl methyl sites for hydroxylation is 1. The summed E-state index contributed by atoms with van der Waals surface area (Å²) < 4.78 is 0. The van der Waals surface area contributed by atoms with Crippen LogP contribution in [0.2, 0.25) is 0 Å². The Kier molecular flexibility index (Phi) is 6.30. The minimum atomic E-state index is -0.688. The third-order valence-corrected chi connectivity index (χ3v) is 6.11. The van der Waals surface area contributed by atoms with E-state index in [1.807, 2.05) is 0 Å². The number of hydrogen-bond donors (Lipinski definition) is 2. The van der Waals surface area contributed by atoms with Crippen LogP contribution in [0.15, 0.2) is 36.4 Å². The zero-order valence-electron chi connectivity index (χ0n) is 15.3. The van der Waals surface area contributed by atoms with E-state index in [9.17, 15) is 4.79 Å². The molecule has 3 nitrogen and oxygen atoms in total. The normalized spacial score (nSPS) is 28.0. The summed E-state index contributed by atoms with van der Waals surface area (Å²) in [6.07, 6.45) is 10.7. The molecule has 136 valence electrons. The van der Waals surface area contributed by atoms with Gasteiger partial charge in [-0.3, -0.25) is 4.79 Å². The maximum absolute atomic E-state index is 10.6. The van der Waals surface area contributed by atoms with Crippen LogP contribution in [-0.4, -0.2) is 17.6 Å². The Morgan fingerprint density at radius 1 is 1.24 bits per heavy atom. The number of fused-ring (bicyclic) bond motifs is 2. The number of hydrogen-bond acceptors (Lipinski definition) is 2. The van der Waals surface area contributed by atoms with Gasteiger partial charge in [0.1, 0.15) is 0 Å². The first-order chi connectivity index (χ1) is 12.1. The van der Waals surface area contributed by atoms with Gasteiger partial charge in [0, 0.05) is 13.0 Å². The van der Waals surface area contributed by atoms with Crippen molar-refractivity contribution in [1.29, 1.82) is 0 Å². The van der Waals surface area contributed by atoms with Gasteiger partial charge in [0.25, 0.3) is 0 Å². The van der Waals surface area contributed by atoms with E-state index in [-0.39, 0.29) is 6.42 Å². The average Bonchev–Trinajstić information content (AvgIpc) is 3.18. The molecule has 0 aliphatic heterocycles. The molecule has 0 aromatic heterocycles. The molecule has 4 atom stereocenters. The smallest absolute Gasteiger partial charge is 0.303 e. The summed E-state index contributed by atoms with van der Waals surface area (Å²) in [6.45, 7) is 4.17. The summed E-state index contributed by atoms with van der Waals surface area (Å²) in [4.78, 5) is 10.6. The van der Waals surface area contributed by atoms with E-state index in [1.165, 1.54) is 30.4 Å². The molecule has 0 spiro atoms. The van der Waals surface area contributed by atoms with E-state index in [0.717, 1.165) is 43.7 Å². The molecule has 3 heteroatoms. The second-order valence-electron chi connectivity index (χ2n) is 7.91. The molecule has 1 aromatic carbocycles. The third-order valence-electron chi connectivity index (χ3n) is 6.11. The molecule has 2 aliphatic carbocycles. The highest BCUT2D eigenvalue weighted by atomic mass is 16.4. The monoisotopic (exact) mass is 341 g/mol. The quantitative estimate of drug-likeness (QED) is 0.511. The van der Waals surface area contributed by atoms with Gasteiger partial charge in [0.2, 0.25) is 0 Å². The topological polar surface area (TPSA) is 49.3 Å². The number of unbranched alkanes of at least 4 members (excludes halogenated alkanes) is 1. The molecule has 0 saturated heterocycles. The minimum Gasteiger partial charge on any atom is -0.481 e. The van der Waals surface area contributed by atoms with Crippen molar-refractivity contribution in [2.45, 2.75) is 52.0 Å². The third kappa shape index (κ3) is 4.94. The van der Waals surface area contributed by atoms with Crippen LogP contribution in [0.5, 0.6) is 0 Å². The number of nitrogens with one attached hydrogen (secondary N) is 1. The number of carboxylic acid groups (broad SMARTS) is 1. The molecular weight excluding hydrogens is 310 g/mol. The van der Waals surface area contributed by atoms with Gasteiger partial charge in [-0.05, 0) is 74.8 Å². The lowest BCUT2D eigenvalue weighted by molar-refractivity contribution is -0.137. The fourth-order valence-electron chi connectivity index (χ4n) is 4.77. The van der Waals surface area contributed by atoms with Gasteiger partial charge >= 0.3 is 5.97 Å². The number of allylic oxidation sites excluding steroid dienone is 2. The van der Waals surface area contributed by atoms with Crippen molar-refractivity contribution in [3.05, 3.63) is 47.5 Å². The second kappa shape index (κ2) is 8.66. The van der Waals surface area contributed by atoms with Gasteiger partial charge in [-0.15, -0.1) is 0 Å². The number of aliphatic carboxylic acids is 1. The summed E-state index contributed by atoms with van der Waals surface area (Å²) in [5.74, 6) is 2.48. The summed E-state index contributed by atoms with van der Waals surface area (Å²) in [5.41, 5.74) is 2.67. The Bertz CT molecular complexity index is 593. The summed E-state index contributed by atoms with van der Waals surface area (Å²) in [5, 5.41) is 12.4. The van der Waals surface area contributed by atoms with Crippen LogP contribution in [-0.2, 0) is 11.3 Å². The molecule has 2 aliphatic rings. The molecule has 0 unspecified atom stereocenters. The first kappa shape index (κ1) is 18.2. The average molecular weight is 341 g/mol. The molecule has 25 heavy (non-hydrogen) atoms. The fraction of sp³-hybridized carbons (Fsp3) is 0.591. The maximum atomic E-state index is 10.6. The zero-order chi connectivity index (χ0) is 17.6. The molecule has 1 aromatic rings. The SMILES string of the molecule is Cc1ccc(CNC[C@H]2[C@H]3CC[C@H](C3)[C@@H]2/C=C\CCCC(=O)O)cc1. The van der Waals surface area contributed by atoms with Gasteiger partial charge < -0.3 is 10.4 Å². The van der Waals surface area contributed by atoms with Crippen molar-refractivity contribution in [3.63, 3.8) is 0 Å². The van der Waals surface area contributed by atoms with E-state index in [1.54, 1.807) is 0 Å². The Balaban J connectivity index is 1.47. The van der Waals surface area contributed by atoms with E-state index in [2.05, 4.69) is 48.7 Å². The fourth-order valence-corrected chi connectivity index (χ4v) is 4.77. The van der Waals surface area contributed by atoms with Gasteiger partial charge in [-0.2, -0.15) is 0 Å². The number of carboxylic acids is 1. The van der Waals surface area contributed by atoms with Crippen LogP contribution in [0.25, 0.3) is 0 Å². The molecule has 0 amide bonds. The highest BCUT2D eigenvalue weighted by Gasteiger charge is 2.45. The molecule has 0 heterocycles. The predicted octanol–water partition coefficient (Wildman–Crippen LogP) is 4.56. The number of benzene rings is 1. The standard InChI is InChI=1S/C22H31NO2/c1-16-7-9-17(10-8-16)14-23-15-21-19-12-11-18(13-19)20(21)5-3-2-4-6-22(24)25/h3,5,7-10,18-21,23H,2,4,6,11-15H2,1H3,(H,24,25)/b5-3-/t18-,19+,20+,21+/m1/s1. The van der Waals surface area contributed by atoms with Gasteiger partial charge in [-0.25, -0.2) is 0 Å². The Morgan fingerprint density at radius 2 is 2.00 bits per heavy atom. The minimum absolute atomic E-state index is 0.280. The Morgan fingerprint density at radius 3 is 2.76 bits per heavy atom. The van der Waals surface area contributed by atoms with E-state index in [4.69, 9.17) is 5.11 Å². The Hall–Kier alpha value is -1.61. The van der Waals surface area contributed by atoms with Crippen LogP contribution < -0.4 is 5.32 Å². The summed E-state index contributed by atoms with van der Waals surface area (Å²) in [6, 6.07) is 8.78. The van der Waals surface area contributed by atoms with Crippen LogP contribution in [0.4, 0.5) is 0 Å². The largest absolute Gasteiger partial charge is 0.481 e. The van der Waals surface area contributed by atoms with Crippen molar-refractivity contribution in [2.75, 3.05) is 6.54 Å². The van der Waals surface area contributed by atoms with E-state index >= 15 is 0 Å². The molecule has 0 radical (unpaired) electrons. The lowest BCUT2D eigenvalue weighted by atomic mass is 9.79. The molecule has 3 rings (SSSR count). The highest BCUT2D eigenvalue weighted by molar-refractivity contribution is 5.66. The van der Waals surface area contributed by atoms with Crippen molar-refractivity contribution >= 4 is 5.97 Å². The van der Waals surface area contributed by atoms with Crippen LogP contribution in [0.1, 0.15) is 49.7 Å². The first-order valence-electron chi connectivity index (χ1n) is 9.78. The number of carbonyl (C=O) groups is 1. The van der Waals surface area contributed by atoms with E-state index in [0.29, 0.717) is 5.92 Å². The Labute approximate surface area is 151 Å². The van der Waals surface area contributed by atoms with Gasteiger partial charge in [-0.1, -0.05) is 42.0 Å². The number of rotatable bonds is 9.